The van der Waals surface area contributed by atoms with Crippen molar-refractivity contribution < 1.29 is 14.4 Å². The highest BCUT2D eigenvalue weighted by atomic mass is 32.2. The molecule has 9 heteroatoms. The average molecular weight is 695 g/mol. The summed E-state index contributed by atoms with van der Waals surface area (Å²) in [7, 11) is 0. The van der Waals surface area contributed by atoms with Gasteiger partial charge in [-0.25, -0.2) is 4.98 Å². The van der Waals surface area contributed by atoms with Crippen molar-refractivity contribution in [3.8, 4) is 11.3 Å². The van der Waals surface area contributed by atoms with E-state index in [1.54, 1.807) is 36.4 Å². The van der Waals surface area contributed by atoms with Crippen LogP contribution in [-0.4, -0.2) is 22.7 Å². The Kier molecular flexibility index (Phi) is 11.0. The number of aryl methyl sites for hydroxylation is 2. The van der Waals surface area contributed by atoms with Gasteiger partial charge in [0.25, 0.3) is 11.8 Å². The van der Waals surface area contributed by atoms with Gasteiger partial charge in [0.15, 0.2) is 5.13 Å². The first-order chi connectivity index (χ1) is 24.3. The molecule has 1 aromatic heterocycles. The number of nitrogens with one attached hydrogen (secondary N) is 3. The molecule has 7 nitrogen and oxygen atoms in total. The Morgan fingerprint density at radius 1 is 0.740 bits per heavy atom. The summed E-state index contributed by atoms with van der Waals surface area (Å²) in [6.45, 7) is 3.94. The number of benzene rings is 5. The van der Waals surface area contributed by atoms with Crippen molar-refractivity contribution in [3.05, 3.63) is 172 Å². The lowest BCUT2D eigenvalue weighted by Gasteiger charge is -2.17. The molecule has 0 aliphatic carbocycles. The van der Waals surface area contributed by atoms with E-state index in [4.69, 9.17) is 4.98 Å². The van der Waals surface area contributed by atoms with E-state index < -0.39 is 17.1 Å². The van der Waals surface area contributed by atoms with E-state index in [0.717, 1.165) is 37.7 Å². The fourth-order valence-corrected chi connectivity index (χ4v) is 7.14. The smallest absolute Gasteiger partial charge is 0.272 e. The molecule has 0 spiro atoms. The number of nitrogens with zero attached hydrogens (tertiary/aromatic N) is 1. The minimum absolute atomic E-state index is 0.0985. The molecule has 0 aliphatic rings. The van der Waals surface area contributed by atoms with Crippen LogP contribution in [0.4, 0.5) is 10.8 Å². The summed E-state index contributed by atoms with van der Waals surface area (Å²) in [5, 5.41) is 8.71. The van der Waals surface area contributed by atoms with Gasteiger partial charge in [-0.1, -0.05) is 109 Å². The van der Waals surface area contributed by atoms with Crippen molar-refractivity contribution in [3.63, 3.8) is 0 Å². The molecule has 1 atom stereocenters. The van der Waals surface area contributed by atoms with Gasteiger partial charge >= 0.3 is 0 Å². The topological polar surface area (TPSA) is 100 Å². The van der Waals surface area contributed by atoms with Gasteiger partial charge in [0, 0.05) is 26.6 Å². The van der Waals surface area contributed by atoms with Gasteiger partial charge in [0.1, 0.15) is 10.9 Å². The largest absolute Gasteiger partial charge is 0.321 e. The Morgan fingerprint density at radius 2 is 1.40 bits per heavy atom. The van der Waals surface area contributed by atoms with Crippen LogP contribution < -0.4 is 16.0 Å². The fourth-order valence-electron chi connectivity index (χ4n) is 5.21. The number of anilines is 2. The Balaban J connectivity index is 1.22. The third kappa shape index (κ3) is 8.63. The van der Waals surface area contributed by atoms with Crippen molar-refractivity contribution in [2.75, 3.05) is 10.6 Å². The van der Waals surface area contributed by atoms with Gasteiger partial charge in [-0.3, -0.25) is 14.4 Å². The molecule has 50 heavy (non-hydrogen) atoms. The van der Waals surface area contributed by atoms with E-state index in [2.05, 4.69) is 16.0 Å². The molecule has 0 radical (unpaired) electrons. The quantitative estimate of drug-likeness (QED) is 0.0928. The van der Waals surface area contributed by atoms with Crippen molar-refractivity contribution >= 4 is 57.7 Å². The molecule has 0 saturated carbocycles. The lowest BCUT2D eigenvalue weighted by atomic mass is 10.1. The standard InChI is InChI=1S/C41H34N4O3S2/c1-27-15-12-13-22-32(27)25-35(43-38(46)31-20-10-5-11-21-31)39(47)42-33-23-14-24-34(26-33)50-37(30-18-8-4-9-19-30)40(48)45-41-44-36(28(2)49-41)29-16-6-3-7-17-29/h3-26,37H,1-2H3,(H,42,47)(H,43,46)(H,44,45,48)/b35-25-. The van der Waals surface area contributed by atoms with Crippen LogP contribution in [0.5, 0.6) is 0 Å². The highest BCUT2D eigenvalue weighted by molar-refractivity contribution is 8.00. The number of amides is 3. The van der Waals surface area contributed by atoms with Crippen molar-refractivity contribution in [1.82, 2.24) is 10.3 Å². The maximum Gasteiger partial charge on any atom is 0.272 e. The van der Waals surface area contributed by atoms with Crippen LogP contribution in [0, 0.1) is 13.8 Å². The maximum absolute atomic E-state index is 13.9. The number of hydrogen-bond acceptors (Lipinski definition) is 6. The number of thiazole rings is 1. The third-order valence-electron chi connectivity index (χ3n) is 7.78. The van der Waals surface area contributed by atoms with Crippen molar-refractivity contribution in [2.24, 2.45) is 0 Å². The Labute approximate surface area is 299 Å². The first kappa shape index (κ1) is 34.1. The van der Waals surface area contributed by atoms with Gasteiger partial charge in [0.2, 0.25) is 5.91 Å². The number of hydrogen-bond donors (Lipinski definition) is 3. The Bertz CT molecular complexity index is 2150. The third-order valence-corrected chi connectivity index (χ3v) is 9.91. The first-order valence-corrected chi connectivity index (χ1v) is 17.6. The van der Waals surface area contributed by atoms with E-state index in [0.29, 0.717) is 16.4 Å². The van der Waals surface area contributed by atoms with Crippen LogP contribution in [0.25, 0.3) is 17.3 Å². The first-order valence-electron chi connectivity index (χ1n) is 15.9. The molecule has 0 bridgehead atoms. The maximum atomic E-state index is 13.9. The predicted octanol–water partition coefficient (Wildman–Crippen LogP) is 9.31. The molecule has 6 aromatic rings. The SMILES string of the molecule is Cc1ccccc1/C=C(\NC(=O)c1ccccc1)C(=O)Nc1cccc(SC(C(=O)Nc2nc(-c3ccccc3)c(C)s2)c2ccccc2)c1. The molecule has 1 heterocycles. The van der Waals surface area contributed by atoms with Crippen LogP contribution in [0.3, 0.4) is 0 Å². The van der Waals surface area contributed by atoms with E-state index in [9.17, 15) is 14.4 Å². The molecule has 1 unspecified atom stereocenters. The summed E-state index contributed by atoms with van der Waals surface area (Å²) in [6, 6.07) is 43.1. The van der Waals surface area contributed by atoms with Crippen LogP contribution in [0.2, 0.25) is 0 Å². The number of thioether (sulfide) groups is 1. The summed E-state index contributed by atoms with van der Waals surface area (Å²) in [6.07, 6.45) is 1.67. The highest BCUT2D eigenvalue weighted by Gasteiger charge is 2.24. The van der Waals surface area contributed by atoms with Gasteiger partial charge in [-0.15, -0.1) is 23.1 Å². The van der Waals surface area contributed by atoms with Crippen molar-refractivity contribution in [1.29, 1.82) is 0 Å². The monoisotopic (exact) mass is 694 g/mol. The summed E-state index contributed by atoms with van der Waals surface area (Å²) < 4.78 is 0. The van der Waals surface area contributed by atoms with E-state index >= 15 is 0 Å². The molecule has 248 valence electrons. The summed E-state index contributed by atoms with van der Waals surface area (Å²) >= 11 is 2.81. The molecule has 0 fully saturated rings. The van der Waals surface area contributed by atoms with E-state index in [-0.39, 0.29) is 11.6 Å². The summed E-state index contributed by atoms with van der Waals surface area (Å²) in [4.78, 5) is 47.2. The van der Waals surface area contributed by atoms with Gasteiger partial charge in [0.05, 0.1) is 5.69 Å². The molecular weight excluding hydrogens is 661 g/mol. The second-order valence-corrected chi connectivity index (χ2v) is 13.8. The van der Waals surface area contributed by atoms with Crippen LogP contribution in [0.15, 0.2) is 150 Å². The number of rotatable bonds is 11. The molecular formula is C41H34N4O3S2. The number of carbonyl (C=O) groups excluding carboxylic acids is 3. The Morgan fingerprint density at radius 3 is 2.12 bits per heavy atom. The minimum atomic E-state index is -0.604. The van der Waals surface area contributed by atoms with Crippen LogP contribution in [-0.2, 0) is 9.59 Å². The van der Waals surface area contributed by atoms with E-state index in [1.807, 2.05) is 123 Å². The lowest BCUT2D eigenvalue weighted by molar-refractivity contribution is -0.116. The second kappa shape index (κ2) is 16.1. The molecule has 6 rings (SSSR count). The molecule has 0 saturated heterocycles. The normalized spacial score (nSPS) is 11.8. The summed E-state index contributed by atoms with van der Waals surface area (Å²) in [5.74, 6) is -1.09. The molecule has 3 amide bonds. The zero-order valence-electron chi connectivity index (χ0n) is 27.4. The minimum Gasteiger partial charge on any atom is -0.321 e. The van der Waals surface area contributed by atoms with Gasteiger partial charge in [-0.05, 0) is 66.9 Å². The summed E-state index contributed by atoms with van der Waals surface area (Å²) in [5.41, 5.74) is 5.47. The zero-order valence-corrected chi connectivity index (χ0v) is 29.1. The fraction of sp³-hybridized carbons (Fsp3) is 0.0732. The average Bonchev–Trinajstić information content (AvgIpc) is 3.51. The van der Waals surface area contributed by atoms with Gasteiger partial charge in [-0.2, -0.15) is 0 Å². The molecule has 5 aromatic carbocycles. The van der Waals surface area contributed by atoms with Crippen LogP contribution >= 0.6 is 23.1 Å². The number of carbonyl (C=O) groups is 3. The van der Waals surface area contributed by atoms with E-state index in [1.165, 1.54) is 23.1 Å². The van der Waals surface area contributed by atoms with Crippen LogP contribution in [0.1, 0.15) is 37.2 Å². The van der Waals surface area contributed by atoms with Crippen molar-refractivity contribution in [2.45, 2.75) is 24.0 Å². The zero-order chi connectivity index (χ0) is 34.9. The lowest BCUT2D eigenvalue weighted by Crippen LogP contribution is -2.30. The molecule has 0 aliphatic heterocycles. The predicted molar refractivity (Wildman–Crippen MR) is 204 cm³/mol. The molecule has 3 N–H and O–H groups in total. The highest BCUT2D eigenvalue weighted by Crippen LogP contribution is 2.38. The second-order valence-electron chi connectivity index (χ2n) is 11.4. The van der Waals surface area contributed by atoms with Gasteiger partial charge < -0.3 is 16.0 Å². The Hall–Kier alpha value is -5.77. The number of aromatic nitrogens is 1.